The molecule has 1 aliphatic heterocycles. The summed E-state index contributed by atoms with van der Waals surface area (Å²) >= 11 is 1.76. The number of aryl methyl sites for hydroxylation is 1. The Hall–Kier alpha value is -1.76. The summed E-state index contributed by atoms with van der Waals surface area (Å²) in [6.07, 6.45) is 8.01. The van der Waals surface area contributed by atoms with Crippen LogP contribution in [-0.4, -0.2) is 32.8 Å². The van der Waals surface area contributed by atoms with Gasteiger partial charge in [0.2, 0.25) is 5.13 Å². The molecule has 1 saturated heterocycles. The summed E-state index contributed by atoms with van der Waals surface area (Å²) < 4.78 is 1.76. The molecule has 0 atom stereocenters. The Morgan fingerprint density at radius 3 is 2.74 bits per heavy atom. The molecule has 3 heterocycles. The largest absolute Gasteiger partial charge is 0.347 e. The molecule has 122 valence electrons. The van der Waals surface area contributed by atoms with E-state index in [1.807, 2.05) is 6.92 Å². The van der Waals surface area contributed by atoms with Crippen LogP contribution in [0.1, 0.15) is 42.2 Å². The average molecular weight is 331 g/mol. The fourth-order valence-corrected chi connectivity index (χ4v) is 4.19. The maximum atomic E-state index is 12.1. The fraction of sp³-hybridized carbons (Fsp3) is 0.625. The second-order valence-corrected chi connectivity index (χ2v) is 7.65. The summed E-state index contributed by atoms with van der Waals surface area (Å²) in [5, 5.41) is 11.0. The van der Waals surface area contributed by atoms with E-state index < -0.39 is 0 Å². The zero-order valence-corrected chi connectivity index (χ0v) is 14.1. The van der Waals surface area contributed by atoms with E-state index in [1.54, 1.807) is 28.4 Å². The first-order valence-electron chi connectivity index (χ1n) is 8.30. The van der Waals surface area contributed by atoms with E-state index >= 15 is 0 Å². The zero-order chi connectivity index (χ0) is 15.8. The van der Waals surface area contributed by atoms with Crippen LogP contribution in [-0.2, 0) is 6.54 Å². The van der Waals surface area contributed by atoms with E-state index in [9.17, 15) is 4.79 Å². The molecule has 0 spiro atoms. The first-order chi connectivity index (χ1) is 11.2. The number of anilines is 1. The van der Waals surface area contributed by atoms with Gasteiger partial charge in [-0.25, -0.2) is 4.98 Å². The van der Waals surface area contributed by atoms with Crippen molar-refractivity contribution in [3.63, 3.8) is 0 Å². The highest BCUT2D eigenvalue weighted by Gasteiger charge is 2.29. The van der Waals surface area contributed by atoms with Crippen LogP contribution in [0, 0.1) is 12.8 Å². The Balaban J connectivity index is 1.36. The number of nitrogens with zero attached hydrogens (tertiary/aromatic N) is 5. The van der Waals surface area contributed by atoms with Crippen molar-refractivity contribution in [2.75, 3.05) is 18.0 Å². The number of aromatic nitrogens is 4. The fourth-order valence-electron chi connectivity index (χ4n) is 3.12. The predicted molar refractivity (Wildman–Crippen MR) is 90.1 cm³/mol. The van der Waals surface area contributed by atoms with Gasteiger partial charge in [0, 0.05) is 37.3 Å². The first-order valence-corrected chi connectivity index (χ1v) is 9.12. The lowest BCUT2D eigenvalue weighted by Crippen LogP contribution is -2.36. The van der Waals surface area contributed by atoms with Gasteiger partial charge in [-0.15, -0.1) is 10.2 Å². The van der Waals surface area contributed by atoms with Crippen molar-refractivity contribution in [3.8, 4) is 0 Å². The monoisotopic (exact) mass is 331 g/mol. The molecule has 23 heavy (non-hydrogen) atoms. The van der Waals surface area contributed by atoms with Gasteiger partial charge in [0.15, 0.2) is 0 Å². The lowest BCUT2D eigenvalue weighted by atomic mass is 9.97. The van der Waals surface area contributed by atoms with Gasteiger partial charge < -0.3 is 4.90 Å². The Morgan fingerprint density at radius 2 is 2.00 bits per heavy atom. The van der Waals surface area contributed by atoms with Crippen molar-refractivity contribution in [3.05, 3.63) is 33.4 Å². The lowest BCUT2D eigenvalue weighted by molar-refractivity contribution is 0.350. The van der Waals surface area contributed by atoms with Crippen LogP contribution in [0.4, 0.5) is 5.13 Å². The second-order valence-electron chi connectivity index (χ2n) is 6.66. The molecule has 1 aliphatic carbocycles. The van der Waals surface area contributed by atoms with Crippen LogP contribution >= 0.6 is 11.3 Å². The molecule has 0 amide bonds. The molecule has 0 aromatic carbocycles. The van der Waals surface area contributed by atoms with Crippen LogP contribution in [0.2, 0.25) is 0 Å². The maximum absolute atomic E-state index is 12.1. The van der Waals surface area contributed by atoms with Gasteiger partial charge in [0.25, 0.3) is 5.56 Å². The SMILES string of the molecule is Cc1cncn(CC2CCN(c3nnc(C4CC4)s3)CC2)c1=O. The molecule has 6 nitrogen and oxygen atoms in total. The third kappa shape index (κ3) is 3.15. The third-order valence-electron chi connectivity index (χ3n) is 4.77. The molecule has 2 aliphatic rings. The standard InChI is InChI=1S/C16H21N5OS/c1-11-8-17-10-21(15(11)22)9-12-4-6-20(7-5-12)16-19-18-14(23-16)13-2-3-13/h8,10,12-13H,2-7,9H2,1H3. The summed E-state index contributed by atoms with van der Waals surface area (Å²) in [5.41, 5.74) is 0.798. The minimum absolute atomic E-state index is 0.0839. The molecule has 0 radical (unpaired) electrons. The molecule has 1 saturated carbocycles. The Kier molecular flexibility index (Phi) is 3.88. The highest BCUT2D eigenvalue weighted by molar-refractivity contribution is 7.15. The Labute approximate surface area is 139 Å². The average Bonchev–Trinajstić information content (AvgIpc) is 3.30. The molecular formula is C16H21N5OS. The van der Waals surface area contributed by atoms with E-state index in [0.717, 1.165) is 37.6 Å². The predicted octanol–water partition coefficient (Wildman–Crippen LogP) is 2.20. The van der Waals surface area contributed by atoms with Gasteiger partial charge in [-0.05, 0) is 38.5 Å². The molecule has 7 heteroatoms. The van der Waals surface area contributed by atoms with Crippen LogP contribution in [0.15, 0.2) is 17.3 Å². The molecule has 2 fully saturated rings. The zero-order valence-electron chi connectivity index (χ0n) is 13.3. The van der Waals surface area contributed by atoms with E-state index in [2.05, 4.69) is 20.1 Å². The van der Waals surface area contributed by atoms with Crippen LogP contribution in [0.25, 0.3) is 0 Å². The van der Waals surface area contributed by atoms with Gasteiger partial charge in [-0.2, -0.15) is 0 Å². The number of rotatable bonds is 4. The molecular weight excluding hydrogens is 310 g/mol. The molecule has 4 rings (SSSR count). The minimum Gasteiger partial charge on any atom is -0.347 e. The Bertz CT molecular complexity index is 743. The van der Waals surface area contributed by atoms with Gasteiger partial charge in [0.05, 0.1) is 6.33 Å². The molecule has 2 aromatic rings. The highest BCUT2D eigenvalue weighted by atomic mass is 32.1. The lowest BCUT2D eigenvalue weighted by Gasteiger charge is -2.31. The molecule has 0 unspecified atom stereocenters. The van der Waals surface area contributed by atoms with E-state index in [4.69, 9.17) is 0 Å². The van der Waals surface area contributed by atoms with Crippen molar-refractivity contribution in [1.82, 2.24) is 19.7 Å². The summed E-state index contributed by atoms with van der Waals surface area (Å²) in [4.78, 5) is 18.6. The van der Waals surface area contributed by atoms with E-state index in [0.29, 0.717) is 17.4 Å². The molecule has 2 aromatic heterocycles. The first kappa shape index (κ1) is 14.8. The van der Waals surface area contributed by atoms with Crippen LogP contribution in [0.3, 0.4) is 0 Å². The van der Waals surface area contributed by atoms with Crippen molar-refractivity contribution in [2.24, 2.45) is 5.92 Å². The highest BCUT2D eigenvalue weighted by Crippen LogP contribution is 2.42. The van der Waals surface area contributed by atoms with Gasteiger partial charge >= 0.3 is 0 Å². The molecule has 0 N–H and O–H groups in total. The number of hydrogen-bond donors (Lipinski definition) is 0. The Morgan fingerprint density at radius 1 is 1.22 bits per heavy atom. The minimum atomic E-state index is 0.0839. The van der Waals surface area contributed by atoms with Gasteiger partial charge in [-0.1, -0.05) is 11.3 Å². The second kappa shape index (κ2) is 6.03. The topological polar surface area (TPSA) is 63.9 Å². The van der Waals surface area contributed by atoms with E-state index in [-0.39, 0.29) is 5.56 Å². The van der Waals surface area contributed by atoms with Gasteiger partial charge in [0.1, 0.15) is 5.01 Å². The van der Waals surface area contributed by atoms with Crippen molar-refractivity contribution in [2.45, 2.75) is 45.1 Å². The number of hydrogen-bond acceptors (Lipinski definition) is 6. The summed E-state index contributed by atoms with van der Waals surface area (Å²) in [7, 11) is 0. The smallest absolute Gasteiger partial charge is 0.256 e. The van der Waals surface area contributed by atoms with E-state index in [1.165, 1.54) is 17.8 Å². The summed E-state index contributed by atoms with van der Waals surface area (Å²) in [6, 6.07) is 0. The molecule has 0 bridgehead atoms. The summed E-state index contributed by atoms with van der Waals surface area (Å²) in [6.45, 7) is 4.59. The number of piperidine rings is 1. The van der Waals surface area contributed by atoms with Crippen molar-refractivity contribution in [1.29, 1.82) is 0 Å². The maximum Gasteiger partial charge on any atom is 0.256 e. The third-order valence-corrected chi connectivity index (χ3v) is 5.92. The van der Waals surface area contributed by atoms with Crippen molar-refractivity contribution < 1.29 is 0 Å². The summed E-state index contributed by atoms with van der Waals surface area (Å²) in [5.74, 6) is 1.21. The van der Waals surface area contributed by atoms with Crippen LogP contribution in [0.5, 0.6) is 0 Å². The van der Waals surface area contributed by atoms with Gasteiger partial charge in [-0.3, -0.25) is 9.36 Å². The normalized spacial score (nSPS) is 19.3. The quantitative estimate of drug-likeness (QED) is 0.859. The van der Waals surface area contributed by atoms with Crippen molar-refractivity contribution >= 4 is 16.5 Å². The van der Waals surface area contributed by atoms with Crippen LogP contribution < -0.4 is 10.5 Å².